The van der Waals surface area contributed by atoms with Crippen LogP contribution in [0.15, 0.2) is 24.3 Å². The molecule has 2 saturated heterocycles. The van der Waals surface area contributed by atoms with E-state index >= 15 is 0 Å². The second-order valence-electron chi connectivity index (χ2n) is 8.34. The van der Waals surface area contributed by atoms with Gasteiger partial charge in [0.25, 0.3) is 0 Å². The van der Waals surface area contributed by atoms with Gasteiger partial charge in [-0.3, -0.25) is 4.79 Å². The number of nitrogens with one attached hydrogen (secondary N) is 1. The molecule has 0 aromatic heterocycles. The van der Waals surface area contributed by atoms with Gasteiger partial charge in [-0.2, -0.15) is 0 Å². The second kappa shape index (κ2) is 8.50. The van der Waals surface area contributed by atoms with E-state index in [4.69, 9.17) is 11.6 Å². The zero-order valence-corrected chi connectivity index (χ0v) is 17.0. The fourth-order valence-electron chi connectivity index (χ4n) is 5.31. The molecule has 4 rings (SSSR count). The topological polar surface area (TPSA) is 32.3 Å². The monoisotopic (exact) mass is 396 g/mol. The molecular weight excluding hydrogens is 367 g/mol. The molecule has 1 aliphatic carbocycles. The molecule has 1 aromatic rings. The van der Waals surface area contributed by atoms with Crippen molar-refractivity contribution in [3.63, 3.8) is 0 Å². The smallest absolute Gasteiger partial charge is 0.229 e. The average molecular weight is 397 g/mol. The van der Waals surface area contributed by atoms with Crippen LogP contribution in [0, 0.1) is 17.3 Å². The number of fused-ring (bicyclic) bond motifs is 1. The third-order valence-corrected chi connectivity index (χ3v) is 6.99. The van der Waals surface area contributed by atoms with Crippen LogP contribution in [-0.4, -0.2) is 37.0 Å². The highest BCUT2D eigenvalue weighted by atomic mass is 35.5. The predicted octanol–water partition coefficient (Wildman–Crippen LogP) is 4.32. The van der Waals surface area contributed by atoms with E-state index in [1.54, 1.807) is 0 Å². The minimum absolute atomic E-state index is 0. The molecule has 26 heavy (non-hydrogen) atoms. The van der Waals surface area contributed by atoms with Crippen LogP contribution in [0.5, 0.6) is 0 Å². The highest BCUT2D eigenvalue weighted by Crippen LogP contribution is 2.43. The van der Waals surface area contributed by atoms with Gasteiger partial charge < -0.3 is 10.2 Å². The summed E-state index contributed by atoms with van der Waals surface area (Å²) in [7, 11) is 0. The number of amides is 1. The lowest BCUT2D eigenvalue weighted by Gasteiger charge is -2.34. The summed E-state index contributed by atoms with van der Waals surface area (Å²) >= 11 is 6.18. The lowest BCUT2D eigenvalue weighted by molar-refractivity contribution is -0.142. The molecule has 144 valence electrons. The van der Waals surface area contributed by atoms with Crippen molar-refractivity contribution in [3.8, 4) is 0 Å². The van der Waals surface area contributed by atoms with Crippen LogP contribution in [-0.2, 0) is 11.2 Å². The summed E-state index contributed by atoms with van der Waals surface area (Å²) in [5.74, 6) is 1.95. The van der Waals surface area contributed by atoms with Gasteiger partial charge in [-0.05, 0) is 74.7 Å². The molecule has 2 heterocycles. The zero-order valence-electron chi connectivity index (χ0n) is 15.4. The Hall–Kier alpha value is -0.770. The largest absolute Gasteiger partial charge is 0.342 e. The van der Waals surface area contributed by atoms with Crippen LogP contribution in [0.3, 0.4) is 0 Å². The lowest BCUT2D eigenvalue weighted by atomic mass is 9.78. The fourth-order valence-corrected chi connectivity index (χ4v) is 5.53. The van der Waals surface area contributed by atoms with Crippen molar-refractivity contribution in [1.82, 2.24) is 10.2 Å². The number of benzene rings is 1. The van der Waals surface area contributed by atoms with Gasteiger partial charge in [-0.1, -0.05) is 36.6 Å². The van der Waals surface area contributed by atoms with Crippen molar-refractivity contribution in [2.24, 2.45) is 17.3 Å². The Balaban J connectivity index is 0.00000196. The Morgan fingerprint density at radius 2 is 1.81 bits per heavy atom. The van der Waals surface area contributed by atoms with Gasteiger partial charge >= 0.3 is 0 Å². The van der Waals surface area contributed by atoms with Crippen molar-refractivity contribution in [3.05, 3.63) is 34.9 Å². The maximum absolute atomic E-state index is 13.6. The van der Waals surface area contributed by atoms with Gasteiger partial charge in [0.1, 0.15) is 0 Å². The fraction of sp³-hybridized carbons (Fsp3) is 0.667. The van der Waals surface area contributed by atoms with Crippen LogP contribution < -0.4 is 5.32 Å². The van der Waals surface area contributed by atoms with Crippen molar-refractivity contribution in [2.75, 3.05) is 26.2 Å². The van der Waals surface area contributed by atoms with Gasteiger partial charge in [-0.15, -0.1) is 12.4 Å². The first kappa shape index (κ1) is 20.0. The summed E-state index contributed by atoms with van der Waals surface area (Å²) in [4.78, 5) is 15.8. The third-order valence-electron chi connectivity index (χ3n) is 6.75. The van der Waals surface area contributed by atoms with E-state index in [-0.39, 0.29) is 17.8 Å². The van der Waals surface area contributed by atoms with E-state index < -0.39 is 0 Å². The number of rotatable bonds is 3. The molecule has 5 heteroatoms. The Morgan fingerprint density at radius 3 is 2.42 bits per heavy atom. The maximum Gasteiger partial charge on any atom is 0.229 e. The van der Waals surface area contributed by atoms with E-state index in [0.717, 1.165) is 75.1 Å². The van der Waals surface area contributed by atoms with Crippen LogP contribution in [0.2, 0.25) is 5.02 Å². The van der Waals surface area contributed by atoms with Crippen molar-refractivity contribution < 1.29 is 4.79 Å². The summed E-state index contributed by atoms with van der Waals surface area (Å²) in [6.07, 6.45) is 7.59. The van der Waals surface area contributed by atoms with E-state index in [2.05, 4.69) is 16.3 Å². The summed E-state index contributed by atoms with van der Waals surface area (Å²) in [6, 6.07) is 8.08. The molecule has 0 radical (unpaired) electrons. The average Bonchev–Trinajstić information content (AvgIpc) is 3.21. The van der Waals surface area contributed by atoms with E-state index in [0.29, 0.717) is 5.91 Å². The first-order chi connectivity index (χ1) is 12.2. The Labute approximate surface area is 168 Å². The first-order valence-corrected chi connectivity index (χ1v) is 10.3. The SMILES string of the molecule is Cl.O=C(N1CC[C@@H]2CNC[C@@H]2CC1)C1(Cc2cccc(Cl)c2)CCCC1. The van der Waals surface area contributed by atoms with E-state index in [9.17, 15) is 4.79 Å². The number of hydrogen-bond acceptors (Lipinski definition) is 2. The van der Waals surface area contributed by atoms with Gasteiger partial charge in [0.2, 0.25) is 5.91 Å². The summed E-state index contributed by atoms with van der Waals surface area (Å²) < 4.78 is 0. The molecule has 3 nitrogen and oxygen atoms in total. The van der Waals surface area contributed by atoms with Crippen molar-refractivity contribution in [2.45, 2.75) is 44.9 Å². The number of likely N-dealkylation sites (tertiary alicyclic amines) is 1. The minimum Gasteiger partial charge on any atom is -0.342 e. The molecule has 0 spiro atoms. The quantitative estimate of drug-likeness (QED) is 0.824. The first-order valence-electron chi connectivity index (χ1n) is 9.91. The number of halogens is 2. The molecule has 1 N–H and O–H groups in total. The molecule has 1 amide bonds. The summed E-state index contributed by atoms with van der Waals surface area (Å²) in [5.41, 5.74) is 1.01. The van der Waals surface area contributed by atoms with Gasteiger partial charge in [0, 0.05) is 18.1 Å². The van der Waals surface area contributed by atoms with Crippen LogP contribution in [0.4, 0.5) is 0 Å². The van der Waals surface area contributed by atoms with Crippen LogP contribution >= 0.6 is 24.0 Å². The number of nitrogens with zero attached hydrogens (tertiary/aromatic N) is 1. The summed E-state index contributed by atoms with van der Waals surface area (Å²) in [6.45, 7) is 4.17. The van der Waals surface area contributed by atoms with Crippen molar-refractivity contribution in [1.29, 1.82) is 0 Å². The normalized spacial score (nSPS) is 27.5. The summed E-state index contributed by atoms with van der Waals surface area (Å²) in [5, 5.41) is 4.29. The van der Waals surface area contributed by atoms with Crippen LogP contribution in [0.1, 0.15) is 44.1 Å². The van der Waals surface area contributed by atoms with Gasteiger partial charge in [-0.25, -0.2) is 0 Å². The van der Waals surface area contributed by atoms with E-state index in [1.165, 1.54) is 18.4 Å². The van der Waals surface area contributed by atoms with Crippen molar-refractivity contribution >= 4 is 29.9 Å². The van der Waals surface area contributed by atoms with Gasteiger partial charge in [0.05, 0.1) is 5.41 Å². The maximum atomic E-state index is 13.6. The molecule has 1 aromatic carbocycles. The number of carbonyl (C=O) groups is 1. The second-order valence-corrected chi connectivity index (χ2v) is 8.78. The lowest BCUT2D eigenvalue weighted by Crippen LogP contribution is -2.44. The highest BCUT2D eigenvalue weighted by Gasteiger charge is 2.44. The van der Waals surface area contributed by atoms with Gasteiger partial charge in [0.15, 0.2) is 0 Å². The Kier molecular flexibility index (Phi) is 6.53. The van der Waals surface area contributed by atoms with Crippen LogP contribution in [0.25, 0.3) is 0 Å². The molecule has 2 aliphatic heterocycles. The number of carbonyl (C=O) groups excluding carboxylic acids is 1. The number of hydrogen-bond donors (Lipinski definition) is 1. The molecular formula is C21H30Cl2N2O. The molecule has 0 unspecified atom stereocenters. The molecule has 1 saturated carbocycles. The predicted molar refractivity (Wildman–Crippen MR) is 109 cm³/mol. The highest BCUT2D eigenvalue weighted by molar-refractivity contribution is 6.30. The Bertz CT molecular complexity index is 616. The minimum atomic E-state index is -0.192. The Morgan fingerprint density at radius 1 is 1.15 bits per heavy atom. The standard InChI is InChI=1S/C21H29ClN2O.ClH/c22-19-5-3-4-16(12-19)13-21(8-1-2-9-21)20(25)24-10-6-17-14-23-15-18(17)7-11-24;/h3-5,12,17-18,23H,1-2,6-11,13-15H2;1H/t17-,18+;. The molecule has 3 fully saturated rings. The molecule has 0 bridgehead atoms. The zero-order chi connectivity index (χ0) is 17.3. The molecule has 3 aliphatic rings. The van der Waals surface area contributed by atoms with E-state index in [1.807, 2.05) is 18.2 Å². The third kappa shape index (κ3) is 4.05. The molecule has 2 atom stereocenters.